The summed E-state index contributed by atoms with van der Waals surface area (Å²) >= 11 is 0. The van der Waals surface area contributed by atoms with E-state index in [2.05, 4.69) is 10.6 Å². The molecule has 0 radical (unpaired) electrons. The van der Waals surface area contributed by atoms with Gasteiger partial charge in [-0.2, -0.15) is 0 Å². The normalized spacial score (nSPS) is 12.5. The number of rotatable bonds is 8. The van der Waals surface area contributed by atoms with Gasteiger partial charge in [-0.05, 0) is 33.7 Å². The second-order valence-electron chi connectivity index (χ2n) is 3.12. The van der Waals surface area contributed by atoms with Crippen molar-refractivity contribution in [3.05, 3.63) is 0 Å². The van der Waals surface area contributed by atoms with Crippen LogP contribution in [0.25, 0.3) is 0 Å². The van der Waals surface area contributed by atoms with Crippen LogP contribution in [0.15, 0.2) is 0 Å². The molecule has 0 aromatic heterocycles. The lowest BCUT2D eigenvalue weighted by Gasteiger charge is -2.12. The SMILES string of the molecule is CCNC(=O)C(C)NCCCOCC. The van der Waals surface area contributed by atoms with Crippen molar-refractivity contribution >= 4 is 5.91 Å². The van der Waals surface area contributed by atoms with Gasteiger partial charge >= 0.3 is 0 Å². The van der Waals surface area contributed by atoms with Gasteiger partial charge in [-0.25, -0.2) is 0 Å². The lowest BCUT2D eigenvalue weighted by atomic mass is 10.3. The molecule has 0 spiro atoms. The lowest BCUT2D eigenvalue weighted by Crippen LogP contribution is -2.42. The smallest absolute Gasteiger partial charge is 0.236 e. The number of nitrogens with one attached hydrogen (secondary N) is 2. The number of hydrogen-bond acceptors (Lipinski definition) is 3. The summed E-state index contributed by atoms with van der Waals surface area (Å²) in [5.74, 6) is 0.0592. The highest BCUT2D eigenvalue weighted by Gasteiger charge is 2.09. The van der Waals surface area contributed by atoms with E-state index in [1.807, 2.05) is 20.8 Å². The standard InChI is InChI=1S/C10H22N2O2/c1-4-11-10(13)9(3)12-7-6-8-14-5-2/h9,12H,4-8H2,1-3H3,(H,11,13). The van der Waals surface area contributed by atoms with E-state index in [-0.39, 0.29) is 11.9 Å². The first-order valence-electron chi connectivity index (χ1n) is 5.31. The summed E-state index contributed by atoms with van der Waals surface area (Å²) in [6.07, 6.45) is 0.942. The van der Waals surface area contributed by atoms with Gasteiger partial charge in [0, 0.05) is 19.8 Å². The fourth-order valence-corrected chi connectivity index (χ4v) is 1.06. The summed E-state index contributed by atoms with van der Waals surface area (Å²) in [7, 11) is 0. The first kappa shape index (κ1) is 13.4. The number of amides is 1. The van der Waals surface area contributed by atoms with Crippen LogP contribution in [0.1, 0.15) is 27.2 Å². The molecule has 1 unspecified atom stereocenters. The summed E-state index contributed by atoms with van der Waals surface area (Å²) in [5.41, 5.74) is 0. The van der Waals surface area contributed by atoms with E-state index < -0.39 is 0 Å². The van der Waals surface area contributed by atoms with Crippen molar-refractivity contribution in [1.82, 2.24) is 10.6 Å². The number of ether oxygens (including phenoxy) is 1. The molecule has 0 aromatic rings. The van der Waals surface area contributed by atoms with Gasteiger partial charge in [0.05, 0.1) is 6.04 Å². The molecule has 0 rings (SSSR count). The maximum Gasteiger partial charge on any atom is 0.236 e. The van der Waals surface area contributed by atoms with Gasteiger partial charge in [0.2, 0.25) is 5.91 Å². The number of likely N-dealkylation sites (N-methyl/N-ethyl adjacent to an activating group) is 1. The summed E-state index contributed by atoms with van der Waals surface area (Å²) in [6.45, 7) is 8.77. The fourth-order valence-electron chi connectivity index (χ4n) is 1.06. The zero-order valence-corrected chi connectivity index (χ0v) is 9.43. The van der Waals surface area contributed by atoms with E-state index in [1.165, 1.54) is 0 Å². The summed E-state index contributed by atoms with van der Waals surface area (Å²) < 4.78 is 5.18. The topological polar surface area (TPSA) is 50.4 Å². The Balaban J connectivity index is 3.34. The van der Waals surface area contributed by atoms with Crippen LogP contribution >= 0.6 is 0 Å². The molecule has 1 atom stereocenters. The number of hydrogen-bond donors (Lipinski definition) is 2. The van der Waals surface area contributed by atoms with E-state index in [0.717, 1.165) is 26.2 Å². The zero-order valence-electron chi connectivity index (χ0n) is 9.43. The Morgan fingerprint density at radius 1 is 1.43 bits per heavy atom. The molecule has 84 valence electrons. The molecular formula is C10H22N2O2. The Morgan fingerprint density at radius 2 is 2.14 bits per heavy atom. The Labute approximate surface area is 86.4 Å². The van der Waals surface area contributed by atoms with Gasteiger partial charge in [0.1, 0.15) is 0 Å². The second kappa shape index (κ2) is 8.97. The van der Waals surface area contributed by atoms with Crippen molar-refractivity contribution in [2.24, 2.45) is 0 Å². The van der Waals surface area contributed by atoms with Gasteiger partial charge in [0.15, 0.2) is 0 Å². The van der Waals surface area contributed by atoms with E-state index in [1.54, 1.807) is 0 Å². The second-order valence-corrected chi connectivity index (χ2v) is 3.12. The first-order valence-corrected chi connectivity index (χ1v) is 5.31. The molecule has 0 aliphatic heterocycles. The van der Waals surface area contributed by atoms with Gasteiger partial charge in [-0.1, -0.05) is 0 Å². The Morgan fingerprint density at radius 3 is 2.71 bits per heavy atom. The van der Waals surface area contributed by atoms with Crippen LogP contribution in [-0.4, -0.2) is 38.3 Å². The van der Waals surface area contributed by atoms with Crippen LogP contribution in [0, 0.1) is 0 Å². The molecule has 0 heterocycles. The van der Waals surface area contributed by atoms with E-state index >= 15 is 0 Å². The zero-order chi connectivity index (χ0) is 10.8. The maximum atomic E-state index is 11.3. The van der Waals surface area contributed by atoms with Crippen LogP contribution in [0.4, 0.5) is 0 Å². The van der Waals surface area contributed by atoms with E-state index in [4.69, 9.17) is 4.74 Å². The highest BCUT2D eigenvalue weighted by Crippen LogP contribution is 1.85. The van der Waals surface area contributed by atoms with Crippen LogP contribution < -0.4 is 10.6 Å². The van der Waals surface area contributed by atoms with Crippen molar-refractivity contribution < 1.29 is 9.53 Å². The molecule has 0 aromatic carbocycles. The molecule has 14 heavy (non-hydrogen) atoms. The van der Waals surface area contributed by atoms with Crippen LogP contribution in [-0.2, 0) is 9.53 Å². The quantitative estimate of drug-likeness (QED) is 0.564. The summed E-state index contributed by atoms with van der Waals surface area (Å²) in [4.78, 5) is 11.3. The van der Waals surface area contributed by atoms with Gasteiger partial charge in [-0.15, -0.1) is 0 Å². The minimum atomic E-state index is -0.114. The molecule has 0 bridgehead atoms. The summed E-state index contributed by atoms with van der Waals surface area (Å²) in [5, 5.41) is 5.90. The van der Waals surface area contributed by atoms with Crippen LogP contribution in [0.3, 0.4) is 0 Å². The average molecular weight is 202 g/mol. The predicted octanol–water partition coefficient (Wildman–Crippen LogP) is 0.527. The Kier molecular flexibility index (Phi) is 8.57. The Bertz CT molecular complexity index is 151. The molecule has 4 nitrogen and oxygen atoms in total. The Hall–Kier alpha value is -0.610. The third-order valence-electron chi connectivity index (χ3n) is 1.86. The van der Waals surface area contributed by atoms with Crippen molar-refractivity contribution in [3.8, 4) is 0 Å². The minimum absolute atomic E-state index is 0.0592. The predicted molar refractivity (Wildman–Crippen MR) is 57.3 cm³/mol. The molecule has 0 fully saturated rings. The summed E-state index contributed by atoms with van der Waals surface area (Å²) in [6, 6.07) is -0.114. The van der Waals surface area contributed by atoms with Gasteiger partial charge in [0.25, 0.3) is 0 Å². The molecule has 2 N–H and O–H groups in total. The molecule has 1 amide bonds. The van der Waals surface area contributed by atoms with Crippen molar-refractivity contribution in [2.45, 2.75) is 33.2 Å². The van der Waals surface area contributed by atoms with Gasteiger partial charge in [-0.3, -0.25) is 4.79 Å². The minimum Gasteiger partial charge on any atom is -0.382 e. The molecule has 0 aliphatic rings. The third-order valence-corrected chi connectivity index (χ3v) is 1.86. The highest BCUT2D eigenvalue weighted by molar-refractivity contribution is 5.81. The molecule has 0 saturated heterocycles. The number of carbonyl (C=O) groups excluding carboxylic acids is 1. The number of carbonyl (C=O) groups is 1. The monoisotopic (exact) mass is 202 g/mol. The van der Waals surface area contributed by atoms with Gasteiger partial charge < -0.3 is 15.4 Å². The fraction of sp³-hybridized carbons (Fsp3) is 0.900. The average Bonchev–Trinajstić information content (AvgIpc) is 2.17. The molecular weight excluding hydrogens is 180 g/mol. The first-order chi connectivity index (χ1) is 6.72. The van der Waals surface area contributed by atoms with E-state index in [9.17, 15) is 4.79 Å². The molecule has 4 heteroatoms. The van der Waals surface area contributed by atoms with Crippen molar-refractivity contribution in [2.75, 3.05) is 26.3 Å². The third kappa shape index (κ3) is 6.86. The van der Waals surface area contributed by atoms with Crippen molar-refractivity contribution in [1.29, 1.82) is 0 Å². The van der Waals surface area contributed by atoms with Crippen LogP contribution in [0.5, 0.6) is 0 Å². The maximum absolute atomic E-state index is 11.3. The lowest BCUT2D eigenvalue weighted by molar-refractivity contribution is -0.122. The molecule has 0 saturated carbocycles. The molecule has 0 aliphatic carbocycles. The highest BCUT2D eigenvalue weighted by atomic mass is 16.5. The largest absolute Gasteiger partial charge is 0.382 e. The van der Waals surface area contributed by atoms with Crippen molar-refractivity contribution in [3.63, 3.8) is 0 Å². The van der Waals surface area contributed by atoms with Crippen LogP contribution in [0.2, 0.25) is 0 Å². The van der Waals surface area contributed by atoms with E-state index in [0.29, 0.717) is 6.54 Å².